The van der Waals surface area contributed by atoms with Gasteiger partial charge >= 0.3 is 0 Å². The predicted octanol–water partition coefficient (Wildman–Crippen LogP) is 4.02. The number of aryl methyl sites for hydroxylation is 1. The molecule has 0 saturated heterocycles. The van der Waals surface area contributed by atoms with E-state index in [0.717, 1.165) is 18.4 Å². The molecule has 2 aromatic rings. The smallest absolute Gasteiger partial charge is 0.224 e. The minimum atomic E-state index is 0.0536. The van der Waals surface area contributed by atoms with Crippen LogP contribution in [0, 0.1) is 0 Å². The molecule has 0 aliphatic carbocycles. The number of carbonyl (C=O) groups is 1. The Morgan fingerprint density at radius 1 is 1.05 bits per heavy atom. The molecular weight excluding hydrogens is 282 g/mol. The number of hydrogen-bond donors (Lipinski definition) is 1. The molecule has 0 bridgehead atoms. The van der Waals surface area contributed by atoms with E-state index in [0.29, 0.717) is 11.4 Å². The lowest BCUT2D eigenvalue weighted by Gasteiger charge is -2.14. The molecule has 0 radical (unpaired) electrons. The molecule has 1 atom stereocenters. The normalized spacial score (nSPS) is 11.9. The van der Waals surface area contributed by atoms with Gasteiger partial charge in [-0.25, -0.2) is 0 Å². The average Bonchev–Trinajstić information content (AvgIpc) is 2.48. The first kappa shape index (κ1) is 15.6. The highest BCUT2D eigenvalue weighted by Gasteiger charge is 2.08. The molecule has 0 heterocycles. The fourth-order valence-corrected chi connectivity index (χ4v) is 2.34. The first-order valence-electron chi connectivity index (χ1n) is 7.21. The van der Waals surface area contributed by atoms with Gasteiger partial charge in [0.05, 0.1) is 6.42 Å². The van der Waals surface area contributed by atoms with E-state index in [-0.39, 0.29) is 11.9 Å². The second kappa shape index (κ2) is 7.84. The van der Waals surface area contributed by atoms with Crippen LogP contribution in [0.15, 0.2) is 54.6 Å². The van der Waals surface area contributed by atoms with E-state index in [1.165, 1.54) is 5.56 Å². The van der Waals surface area contributed by atoms with E-state index in [4.69, 9.17) is 11.6 Å². The molecule has 2 rings (SSSR count). The van der Waals surface area contributed by atoms with Crippen LogP contribution in [0.25, 0.3) is 0 Å². The van der Waals surface area contributed by atoms with Crippen LogP contribution >= 0.6 is 11.6 Å². The highest BCUT2D eigenvalue weighted by molar-refractivity contribution is 6.30. The Balaban J connectivity index is 1.75. The zero-order valence-corrected chi connectivity index (χ0v) is 12.9. The molecule has 0 aliphatic heterocycles. The standard InChI is InChI=1S/C18H20ClNO/c1-14(7-8-15-5-3-2-4-6-15)20-18(21)13-16-9-11-17(19)12-10-16/h2-6,9-12,14H,7-8,13H2,1H3,(H,20,21)/t14-/m0/s1. The average molecular weight is 302 g/mol. The molecule has 21 heavy (non-hydrogen) atoms. The fourth-order valence-electron chi connectivity index (χ4n) is 2.21. The Labute approximate surface area is 131 Å². The Hall–Kier alpha value is -1.80. The molecule has 0 saturated carbocycles. The van der Waals surface area contributed by atoms with Crippen molar-refractivity contribution in [3.05, 3.63) is 70.7 Å². The topological polar surface area (TPSA) is 29.1 Å². The summed E-state index contributed by atoms with van der Waals surface area (Å²) in [4.78, 5) is 12.0. The van der Waals surface area contributed by atoms with Crippen LogP contribution in [0.4, 0.5) is 0 Å². The Bertz CT molecular complexity index is 566. The first-order chi connectivity index (χ1) is 10.1. The van der Waals surface area contributed by atoms with Crippen LogP contribution in [0.3, 0.4) is 0 Å². The van der Waals surface area contributed by atoms with Crippen LogP contribution in [-0.2, 0) is 17.6 Å². The number of halogens is 1. The number of rotatable bonds is 6. The highest BCUT2D eigenvalue weighted by Crippen LogP contribution is 2.10. The summed E-state index contributed by atoms with van der Waals surface area (Å²) < 4.78 is 0. The van der Waals surface area contributed by atoms with Crippen LogP contribution in [0.1, 0.15) is 24.5 Å². The maximum atomic E-state index is 12.0. The zero-order chi connectivity index (χ0) is 15.1. The molecule has 0 aliphatic rings. The first-order valence-corrected chi connectivity index (χ1v) is 7.59. The van der Waals surface area contributed by atoms with E-state index in [9.17, 15) is 4.79 Å². The van der Waals surface area contributed by atoms with Crippen LogP contribution in [0.5, 0.6) is 0 Å². The molecule has 2 nitrogen and oxygen atoms in total. The lowest BCUT2D eigenvalue weighted by atomic mass is 10.1. The van der Waals surface area contributed by atoms with Crippen molar-refractivity contribution in [3.63, 3.8) is 0 Å². The lowest BCUT2D eigenvalue weighted by Crippen LogP contribution is -2.34. The van der Waals surface area contributed by atoms with Gasteiger partial charge in [0.25, 0.3) is 0 Å². The van der Waals surface area contributed by atoms with E-state index >= 15 is 0 Å². The van der Waals surface area contributed by atoms with Crippen LogP contribution in [-0.4, -0.2) is 11.9 Å². The van der Waals surface area contributed by atoms with Crippen LogP contribution < -0.4 is 5.32 Å². The van der Waals surface area contributed by atoms with E-state index in [2.05, 4.69) is 17.4 Å². The molecule has 1 amide bonds. The highest BCUT2D eigenvalue weighted by atomic mass is 35.5. The van der Waals surface area contributed by atoms with Gasteiger partial charge < -0.3 is 5.32 Å². The summed E-state index contributed by atoms with van der Waals surface area (Å²) in [5, 5.41) is 3.73. The summed E-state index contributed by atoms with van der Waals surface area (Å²) in [5.74, 6) is 0.0536. The molecule has 3 heteroatoms. The molecule has 0 unspecified atom stereocenters. The lowest BCUT2D eigenvalue weighted by molar-refractivity contribution is -0.121. The van der Waals surface area contributed by atoms with Crippen molar-refractivity contribution in [2.24, 2.45) is 0 Å². The van der Waals surface area contributed by atoms with Crippen LogP contribution in [0.2, 0.25) is 5.02 Å². The van der Waals surface area contributed by atoms with Gasteiger partial charge in [-0.15, -0.1) is 0 Å². The van der Waals surface area contributed by atoms with Gasteiger partial charge in [0.15, 0.2) is 0 Å². The van der Waals surface area contributed by atoms with Crippen molar-refractivity contribution >= 4 is 17.5 Å². The third-order valence-electron chi connectivity index (χ3n) is 3.39. The van der Waals surface area contributed by atoms with Gasteiger partial charge in [0, 0.05) is 11.1 Å². The van der Waals surface area contributed by atoms with Crippen molar-refractivity contribution in [2.75, 3.05) is 0 Å². The largest absolute Gasteiger partial charge is 0.353 e. The molecule has 0 spiro atoms. The Morgan fingerprint density at radius 3 is 2.38 bits per heavy atom. The summed E-state index contributed by atoms with van der Waals surface area (Å²) in [6.07, 6.45) is 2.31. The van der Waals surface area contributed by atoms with Crippen molar-refractivity contribution in [3.8, 4) is 0 Å². The summed E-state index contributed by atoms with van der Waals surface area (Å²) in [6, 6.07) is 17.9. The van der Waals surface area contributed by atoms with E-state index < -0.39 is 0 Å². The number of benzene rings is 2. The number of carbonyl (C=O) groups excluding carboxylic acids is 1. The van der Waals surface area contributed by atoms with Crippen molar-refractivity contribution in [1.29, 1.82) is 0 Å². The maximum Gasteiger partial charge on any atom is 0.224 e. The number of amides is 1. The number of nitrogens with one attached hydrogen (secondary N) is 1. The zero-order valence-electron chi connectivity index (χ0n) is 12.2. The fraction of sp³-hybridized carbons (Fsp3) is 0.278. The maximum absolute atomic E-state index is 12.0. The van der Waals surface area contributed by atoms with Crippen molar-refractivity contribution in [1.82, 2.24) is 5.32 Å². The predicted molar refractivity (Wildman–Crippen MR) is 87.5 cm³/mol. The molecular formula is C18H20ClNO. The van der Waals surface area contributed by atoms with Gasteiger partial charge in [-0.05, 0) is 43.0 Å². The summed E-state index contributed by atoms with van der Waals surface area (Å²) in [7, 11) is 0. The minimum Gasteiger partial charge on any atom is -0.353 e. The monoisotopic (exact) mass is 301 g/mol. The van der Waals surface area contributed by atoms with E-state index in [1.54, 1.807) is 0 Å². The second-order valence-electron chi connectivity index (χ2n) is 5.30. The van der Waals surface area contributed by atoms with E-state index in [1.807, 2.05) is 49.4 Å². The Kier molecular flexibility index (Phi) is 5.82. The van der Waals surface area contributed by atoms with Gasteiger partial charge in [0.1, 0.15) is 0 Å². The van der Waals surface area contributed by atoms with Gasteiger partial charge in [0.2, 0.25) is 5.91 Å². The summed E-state index contributed by atoms with van der Waals surface area (Å²) in [6.45, 7) is 2.04. The molecule has 0 aromatic heterocycles. The van der Waals surface area contributed by atoms with Crippen molar-refractivity contribution < 1.29 is 4.79 Å². The van der Waals surface area contributed by atoms with Gasteiger partial charge in [-0.3, -0.25) is 4.79 Å². The minimum absolute atomic E-state index is 0.0536. The molecule has 1 N–H and O–H groups in total. The summed E-state index contributed by atoms with van der Waals surface area (Å²) in [5.41, 5.74) is 2.28. The second-order valence-corrected chi connectivity index (χ2v) is 5.73. The van der Waals surface area contributed by atoms with Crippen molar-refractivity contribution in [2.45, 2.75) is 32.2 Å². The molecule has 110 valence electrons. The van der Waals surface area contributed by atoms with Gasteiger partial charge in [-0.2, -0.15) is 0 Å². The molecule has 0 fully saturated rings. The third kappa shape index (κ3) is 5.60. The number of hydrogen-bond acceptors (Lipinski definition) is 1. The molecule has 2 aromatic carbocycles. The SMILES string of the molecule is C[C@@H](CCc1ccccc1)NC(=O)Cc1ccc(Cl)cc1. The third-order valence-corrected chi connectivity index (χ3v) is 3.65. The quantitative estimate of drug-likeness (QED) is 0.858. The Morgan fingerprint density at radius 2 is 1.71 bits per heavy atom. The summed E-state index contributed by atoms with van der Waals surface area (Å²) >= 11 is 5.83. The van der Waals surface area contributed by atoms with Gasteiger partial charge in [-0.1, -0.05) is 54.1 Å².